The van der Waals surface area contributed by atoms with Crippen LogP contribution >= 0.6 is 15.6 Å². The molecule has 0 aliphatic carbocycles. The van der Waals surface area contributed by atoms with Crippen LogP contribution in [0.25, 0.3) is 0 Å². The van der Waals surface area contributed by atoms with Crippen molar-refractivity contribution < 1.29 is 75.8 Å². The molecule has 0 rings (SSSR count). The number of phosphoric ester groups is 2. The standard InChI is InChI=1S/C95H164O16P2/c1-4-7-10-13-16-19-22-25-28-30-32-34-36-38-40-42-44-46-48-50-52-54-56-58-61-63-66-69-72-75-78-81-93(98)105-84-90(96)85-107-112(101,102)108-86-91(97)87-109-113(103,104)110-89-92(111-95(100)83-80-77-74-71-68-65-60-27-24-21-18-15-12-9-6-3)88-106-94(99)82-79-76-73-70-67-64-62-59-57-55-53-51-49-47-45-43-41-39-37-35-33-31-29-26-23-20-17-14-11-8-5-2/h7-8,10-11,16-21,25-29,32-35,38-41,60,90-92,96-97H,4-6,9,12-15,22-24,30-31,36-37,42-59,61-89H2,1-3H3,(H,101,102)(H,103,104)/b10-7-,11-8-,19-16-,20-17-,21-18-,28-25-,29-26-,34-32-,35-33-,40-38-,41-39-,60-27-. The van der Waals surface area contributed by atoms with Crippen molar-refractivity contribution >= 4 is 33.6 Å². The highest BCUT2D eigenvalue weighted by Crippen LogP contribution is 2.45. The maximum atomic E-state index is 13.0. The van der Waals surface area contributed by atoms with Gasteiger partial charge >= 0.3 is 33.6 Å². The van der Waals surface area contributed by atoms with E-state index in [1.807, 2.05) is 0 Å². The minimum absolute atomic E-state index is 0.0879. The van der Waals surface area contributed by atoms with Crippen LogP contribution in [0.4, 0.5) is 0 Å². The summed E-state index contributed by atoms with van der Waals surface area (Å²) >= 11 is 0. The Kier molecular flexibility index (Phi) is 83.3. The molecule has 0 aliphatic rings. The molecule has 0 amide bonds. The molecule has 0 saturated heterocycles. The van der Waals surface area contributed by atoms with E-state index in [0.29, 0.717) is 19.3 Å². The molecule has 0 fully saturated rings. The molecule has 5 atom stereocenters. The zero-order valence-corrected chi connectivity index (χ0v) is 73.3. The third-order valence-corrected chi connectivity index (χ3v) is 20.9. The van der Waals surface area contributed by atoms with Gasteiger partial charge in [-0.2, -0.15) is 0 Å². The molecule has 18 heteroatoms. The van der Waals surface area contributed by atoms with Gasteiger partial charge in [0.25, 0.3) is 0 Å². The summed E-state index contributed by atoms with van der Waals surface area (Å²) in [6.45, 7) is 2.46. The van der Waals surface area contributed by atoms with Crippen molar-refractivity contribution in [1.82, 2.24) is 0 Å². The molecule has 0 spiro atoms. The van der Waals surface area contributed by atoms with Gasteiger partial charge in [-0.25, -0.2) is 9.13 Å². The first-order chi connectivity index (χ1) is 55.2. The number of aliphatic hydroxyl groups is 2. The van der Waals surface area contributed by atoms with Crippen LogP contribution in [0.5, 0.6) is 0 Å². The summed E-state index contributed by atoms with van der Waals surface area (Å²) in [5.41, 5.74) is 0. The lowest BCUT2D eigenvalue weighted by Gasteiger charge is -2.21. The van der Waals surface area contributed by atoms with Crippen molar-refractivity contribution in [3.8, 4) is 0 Å². The SMILES string of the molecule is CC/C=C\C/C=C\C/C=C\C/C=C\C/C=C\CCCCCCCCCCCCCCCCCC(=O)OCC(O)COP(=O)(O)OCC(O)COP(=O)(O)OCC(COC(=O)CCCCCCCCCCCCCCCCC/C=C\C/C=C\C/C=C\C/C=C\C/C=C\CC)OC(=O)CCCCCCC/C=C\C/C=C\CCCCC. The van der Waals surface area contributed by atoms with E-state index in [2.05, 4.69) is 167 Å². The molecule has 5 unspecified atom stereocenters. The summed E-state index contributed by atoms with van der Waals surface area (Å²) in [6, 6.07) is 0. The maximum absolute atomic E-state index is 13.0. The third-order valence-electron chi connectivity index (χ3n) is 19.0. The second kappa shape index (κ2) is 86.8. The number of aliphatic hydroxyl groups excluding tert-OH is 2. The van der Waals surface area contributed by atoms with Gasteiger partial charge in [0.1, 0.15) is 25.4 Å². The number of carbonyl (C=O) groups is 3. The fourth-order valence-corrected chi connectivity index (χ4v) is 13.8. The molecular weight excluding hydrogens is 1460 g/mol. The Morgan fingerprint density at radius 3 is 0.743 bits per heavy atom. The number of hydrogen-bond acceptors (Lipinski definition) is 14. The molecule has 16 nitrogen and oxygen atoms in total. The van der Waals surface area contributed by atoms with E-state index in [4.69, 9.17) is 32.3 Å². The third kappa shape index (κ3) is 88.1. The molecule has 650 valence electrons. The van der Waals surface area contributed by atoms with Crippen molar-refractivity contribution in [1.29, 1.82) is 0 Å². The zero-order valence-electron chi connectivity index (χ0n) is 71.5. The highest BCUT2D eigenvalue weighted by atomic mass is 31.2. The highest BCUT2D eigenvalue weighted by Gasteiger charge is 2.29. The van der Waals surface area contributed by atoms with Crippen molar-refractivity contribution in [2.45, 2.75) is 399 Å². The summed E-state index contributed by atoms with van der Waals surface area (Å²) in [5, 5.41) is 20.7. The highest BCUT2D eigenvalue weighted by molar-refractivity contribution is 7.47. The normalized spacial score (nSPS) is 14.5. The predicted molar refractivity (Wildman–Crippen MR) is 473 cm³/mol. The van der Waals surface area contributed by atoms with E-state index in [9.17, 15) is 43.5 Å². The molecule has 0 aliphatic heterocycles. The van der Waals surface area contributed by atoms with Gasteiger partial charge in [-0.1, -0.05) is 366 Å². The summed E-state index contributed by atoms with van der Waals surface area (Å²) in [4.78, 5) is 58.9. The fourth-order valence-electron chi connectivity index (χ4n) is 12.2. The monoisotopic (exact) mass is 1620 g/mol. The summed E-state index contributed by atoms with van der Waals surface area (Å²) < 4.78 is 61.4. The second-order valence-corrected chi connectivity index (χ2v) is 32.9. The maximum Gasteiger partial charge on any atom is 0.472 e. The van der Waals surface area contributed by atoms with Gasteiger partial charge < -0.3 is 34.2 Å². The number of phosphoric acid groups is 2. The number of unbranched alkanes of at least 4 members (excludes halogenated alkanes) is 38. The van der Waals surface area contributed by atoms with E-state index in [1.54, 1.807) is 0 Å². The van der Waals surface area contributed by atoms with Crippen molar-refractivity contribution in [3.63, 3.8) is 0 Å². The quantitative estimate of drug-likeness (QED) is 0.0146. The van der Waals surface area contributed by atoms with E-state index >= 15 is 0 Å². The minimum Gasteiger partial charge on any atom is -0.463 e. The number of carbonyl (C=O) groups excluding carboxylic acids is 3. The topological polar surface area (TPSA) is 231 Å². The van der Waals surface area contributed by atoms with Gasteiger partial charge in [-0.15, -0.1) is 0 Å². The summed E-state index contributed by atoms with van der Waals surface area (Å²) in [7, 11) is -9.80. The van der Waals surface area contributed by atoms with E-state index in [1.165, 1.54) is 173 Å². The Labute approximate surface area is 689 Å². The Bertz CT molecular complexity index is 2630. The van der Waals surface area contributed by atoms with E-state index in [0.717, 1.165) is 148 Å². The van der Waals surface area contributed by atoms with Crippen molar-refractivity contribution in [2.24, 2.45) is 0 Å². The van der Waals surface area contributed by atoms with Crippen LogP contribution in [0.3, 0.4) is 0 Å². The number of allylic oxidation sites excluding steroid dienone is 24. The smallest absolute Gasteiger partial charge is 0.463 e. The minimum atomic E-state index is -4.94. The number of ether oxygens (including phenoxy) is 3. The van der Waals surface area contributed by atoms with E-state index in [-0.39, 0.29) is 19.3 Å². The lowest BCUT2D eigenvalue weighted by Crippen LogP contribution is -2.30. The molecule has 0 aromatic heterocycles. The number of rotatable bonds is 85. The molecule has 0 aromatic rings. The van der Waals surface area contributed by atoms with Crippen LogP contribution in [0.2, 0.25) is 0 Å². The first-order valence-electron chi connectivity index (χ1n) is 45.1. The van der Waals surface area contributed by atoms with Crippen LogP contribution in [-0.2, 0) is 55.8 Å². The van der Waals surface area contributed by atoms with Crippen molar-refractivity contribution in [2.75, 3.05) is 39.6 Å². The molecule has 0 heterocycles. The van der Waals surface area contributed by atoms with Crippen LogP contribution in [0.15, 0.2) is 146 Å². The number of hydrogen-bond donors (Lipinski definition) is 4. The zero-order chi connectivity index (χ0) is 82.2. The van der Waals surface area contributed by atoms with Gasteiger partial charge in [-0.3, -0.25) is 32.5 Å². The van der Waals surface area contributed by atoms with Crippen LogP contribution < -0.4 is 0 Å². The average Bonchev–Trinajstić information content (AvgIpc) is 0.903. The first kappa shape index (κ1) is 108. The summed E-state index contributed by atoms with van der Waals surface area (Å²) in [6.07, 6.45) is 109. The molecule has 113 heavy (non-hydrogen) atoms. The lowest BCUT2D eigenvalue weighted by atomic mass is 10.0. The Balaban J connectivity index is 4.47. The lowest BCUT2D eigenvalue weighted by molar-refractivity contribution is -0.161. The molecular formula is C95H164O16P2. The van der Waals surface area contributed by atoms with Gasteiger partial charge in [-0.05, 0) is 141 Å². The largest absolute Gasteiger partial charge is 0.472 e. The molecule has 0 aromatic carbocycles. The van der Waals surface area contributed by atoms with Gasteiger partial charge in [0, 0.05) is 19.3 Å². The van der Waals surface area contributed by atoms with Gasteiger partial charge in [0.15, 0.2) is 6.10 Å². The average molecular weight is 1620 g/mol. The predicted octanol–water partition coefficient (Wildman–Crippen LogP) is 27.6. The van der Waals surface area contributed by atoms with Crippen LogP contribution in [0.1, 0.15) is 380 Å². The van der Waals surface area contributed by atoms with E-state index < -0.39 is 91.5 Å². The Morgan fingerprint density at radius 2 is 0.469 bits per heavy atom. The Morgan fingerprint density at radius 1 is 0.257 bits per heavy atom. The second-order valence-electron chi connectivity index (χ2n) is 30.0. The molecule has 4 N–H and O–H groups in total. The summed E-state index contributed by atoms with van der Waals surface area (Å²) in [5.74, 6) is -1.58. The molecule has 0 bridgehead atoms. The van der Waals surface area contributed by atoms with Crippen LogP contribution in [-0.4, -0.2) is 95.9 Å². The first-order valence-corrected chi connectivity index (χ1v) is 48.1. The van der Waals surface area contributed by atoms with Gasteiger partial charge in [0.05, 0.1) is 26.4 Å². The molecule has 0 radical (unpaired) electrons. The number of esters is 3. The van der Waals surface area contributed by atoms with Gasteiger partial charge in [0.2, 0.25) is 0 Å². The van der Waals surface area contributed by atoms with Crippen LogP contribution in [0, 0.1) is 0 Å². The fraction of sp³-hybridized carbons (Fsp3) is 0.716. The Hall–Kier alpha value is -4.57. The molecule has 0 saturated carbocycles. The van der Waals surface area contributed by atoms with Crippen molar-refractivity contribution in [3.05, 3.63) is 146 Å².